The van der Waals surface area contributed by atoms with Crippen LogP contribution in [0.25, 0.3) is 16.8 Å². The predicted octanol–water partition coefficient (Wildman–Crippen LogP) is 4.00. The lowest BCUT2D eigenvalue weighted by Gasteiger charge is -2.08. The predicted molar refractivity (Wildman–Crippen MR) is 91.5 cm³/mol. The molecule has 3 rings (SSSR count). The zero-order valence-electron chi connectivity index (χ0n) is 12.9. The number of nitrogen functional groups attached to an aromatic ring is 1. The number of nitriles is 1. The number of hydrogen-bond donors (Lipinski definition) is 1. The molecular formula is C19H17N3O. The van der Waals surface area contributed by atoms with Crippen molar-refractivity contribution in [3.63, 3.8) is 0 Å². The molecular weight excluding hydrogens is 286 g/mol. The summed E-state index contributed by atoms with van der Waals surface area (Å²) in [5.74, 6) is 1.21. The van der Waals surface area contributed by atoms with Crippen molar-refractivity contribution in [3.05, 3.63) is 66.4 Å². The van der Waals surface area contributed by atoms with E-state index in [0.29, 0.717) is 18.0 Å². The zero-order chi connectivity index (χ0) is 16.2. The van der Waals surface area contributed by atoms with Gasteiger partial charge in [0.1, 0.15) is 23.2 Å². The molecule has 0 aliphatic heterocycles. The summed E-state index contributed by atoms with van der Waals surface area (Å²) in [7, 11) is 0. The van der Waals surface area contributed by atoms with Crippen molar-refractivity contribution in [3.8, 4) is 28.6 Å². The lowest BCUT2D eigenvalue weighted by Crippen LogP contribution is -2.00. The van der Waals surface area contributed by atoms with Gasteiger partial charge in [-0.05, 0) is 24.6 Å². The Labute approximate surface area is 135 Å². The fourth-order valence-corrected chi connectivity index (χ4v) is 2.58. The van der Waals surface area contributed by atoms with Gasteiger partial charge in [-0.1, -0.05) is 36.4 Å². The first-order chi connectivity index (χ1) is 11.2. The SMILES string of the molecule is CCOc1cccc(-n2cc(-c3ccccc3)c(C#N)c2N)c1. The summed E-state index contributed by atoms with van der Waals surface area (Å²) in [6.07, 6.45) is 1.90. The van der Waals surface area contributed by atoms with Crippen molar-refractivity contribution in [2.75, 3.05) is 12.3 Å². The highest BCUT2D eigenvalue weighted by molar-refractivity contribution is 5.77. The summed E-state index contributed by atoms with van der Waals surface area (Å²) < 4.78 is 7.36. The van der Waals surface area contributed by atoms with Gasteiger partial charge < -0.3 is 15.0 Å². The molecule has 0 amide bonds. The van der Waals surface area contributed by atoms with Gasteiger partial charge in [-0.3, -0.25) is 0 Å². The van der Waals surface area contributed by atoms with E-state index >= 15 is 0 Å². The van der Waals surface area contributed by atoms with Crippen molar-refractivity contribution >= 4 is 5.82 Å². The summed E-state index contributed by atoms with van der Waals surface area (Å²) in [5, 5.41) is 9.49. The second-order valence-corrected chi connectivity index (χ2v) is 5.08. The number of anilines is 1. The van der Waals surface area contributed by atoms with Crippen LogP contribution >= 0.6 is 0 Å². The van der Waals surface area contributed by atoms with Gasteiger partial charge in [-0.2, -0.15) is 5.26 Å². The standard InChI is InChI=1S/C19H17N3O/c1-2-23-16-10-6-9-15(11-16)22-13-18(17(12-20)19(22)21)14-7-4-3-5-8-14/h3-11,13H,2,21H2,1H3. The normalized spacial score (nSPS) is 10.3. The van der Waals surface area contributed by atoms with E-state index in [2.05, 4.69) is 6.07 Å². The van der Waals surface area contributed by atoms with E-state index in [1.54, 1.807) is 0 Å². The number of benzene rings is 2. The minimum absolute atomic E-state index is 0.431. The largest absolute Gasteiger partial charge is 0.494 e. The maximum Gasteiger partial charge on any atom is 0.126 e. The van der Waals surface area contributed by atoms with Gasteiger partial charge >= 0.3 is 0 Å². The number of nitrogens with two attached hydrogens (primary N) is 1. The highest BCUT2D eigenvalue weighted by Gasteiger charge is 2.16. The smallest absolute Gasteiger partial charge is 0.126 e. The summed E-state index contributed by atoms with van der Waals surface area (Å²) in [5.41, 5.74) is 9.35. The Balaban J connectivity index is 2.13. The number of ether oxygens (including phenoxy) is 1. The first-order valence-electron chi connectivity index (χ1n) is 7.44. The highest BCUT2D eigenvalue weighted by atomic mass is 16.5. The van der Waals surface area contributed by atoms with Gasteiger partial charge in [-0.25, -0.2) is 0 Å². The van der Waals surface area contributed by atoms with Crippen molar-refractivity contribution in [1.82, 2.24) is 4.57 Å². The molecule has 0 aliphatic carbocycles. The summed E-state index contributed by atoms with van der Waals surface area (Å²) in [4.78, 5) is 0. The number of rotatable bonds is 4. The molecule has 2 N–H and O–H groups in total. The minimum Gasteiger partial charge on any atom is -0.494 e. The van der Waals surface area contributed by atoms with Crippen LogP contribution in [0.15, 0.2) is 60.8 Å². The van der Waals surface area contributed by atoms with E-state index in [1.165, 1.54) is 0 Å². The van der Waals surface area contributed by atoms with Gasteiger partial charge in [0.05, 0.1) is 12.3 Å². The van der Waals surface area contributed by atoms with Crippen LogP contribution in [0.5, 0.6) is 5.75 Å². The van der Waals surface area contributed by atoms with Gasteiger partial charge in [0, 0.05) is 17.8 Å². The summed E-state index contributed by atoms with van der Waals surface area (Å²) >= 11 is 0. The Bertz CT molecular complexity index is 860. The molecule has 0 atom stereocenters. The van der Waals surface area contributed by atoms with Crippen LogP contribution in [-0.2, 0) is 0 Å². The van der Waals surface area contributed by atoms with E-state index in [1.807, 2.05) is 72.3 Å². The Morgan fingerprint density at radius 2 is 1.91 bits per heavy atom. The Hall–Kier alpha value is -3.19. The maximum atomic E-state index is 9.49. The Kier molecular flexibility index (Phi) is 4.03. The Morgan fingerprint density at radius 1 is 1.13 bits per heavy atom. The van der Waals surface area contributed by atoms with Gasteiger partial charge in [0.15, 0.2) is 0 Å². The molecule has 4 heteroatoms. The average Bonchev–Trinajstić information content (AvgIpc) is 2.93. The van der Waals surface area contributed by atoms with Crippen LogP contribution in [0.4, 0.5) is 5.82 Å². The zero-order valence-corrected chi connectivity index (χ0v) is 12.9. The fourth-order valence-electron chi connectivity index (χ4n) is 2.58. The molecule has 0 fully saturated rings. The summed E-state index contributed by atoms with van der Waals surface area (Å²) in [6, 6.07) is 19.6. The van der Waals surface area contributed by atoms with Crippen LogP contribution in [0, 0.1) is 11.3 Å². The number of aromatic nitrogens is 1. The topological polar surface area (TPSA) is 64.0 Å². The second-order valence-electron chi connectivity index (χ2n) is 5.08. The third-order valence-electron chi connectivity index (χ3n) is 3.65. The number of hydrogen-bond acceptors (Lipinski definition) is 3. The number of nitrogens with zero attached hydrogens (tertiary/aromatic N) is 2. The first-order valence-corrected chi connectivity index (χ1v) is 7.44. The third-order valence-corrected chi connectivity index (χ3v) is 3.65. The van der Waals surface area contributed by atoms with Crippen LogP contribution in [-0.4, -0.2) is 11.2 Å². The van der Waals surface area contributed by atoms with Crippen molar-refractivity contribution in [1.29, 1.82) is 5.26 Å². The quantitative estimate of drug-likeness (QED) is 0.792. The van der Waals surface area contributed by atoms with Gasteiger partial charge in [-0.15, -0.1) is 0 Å². The van der Waals surface area contributed by atoms with Gasteiger partial charge in [0.25, 0.3) is 0 Å². The maximum absolute atomic E-state index is 9.49. The van der Waals surface area contributed by atoms with Crippen molar-refractivity contribution in [2.24, 2.45) is 0 Å². The molecule has 1 heterocycles. The van der Waals surface area contributed by atoms with Crippen molar-refractivity contribution < 1.29 is 4.74 Å². The van der Waals surface area contributed by atoms with E-state index in [-0.39, 0.29) is 0 Å². The van der Waals surface area contributed by atoms with E-state index < -0.39 is 0 Å². The van der Waals surface area contributed by atoms with Crippen LogP contribution in [0.3, 0.4) is 0 Å². The van der Waals surface area contributed by atoms with Crippen LogP contribution in [0.2, 0.25) is 0 Å². The van der Waals surface area contributed by atoms with Gasteiger partial charge in [0.2, 0.25) is 0 Å². The molecule has 4 nitrogen and oxygen atoms in total. The third kappa shape index (κ3) is 2.77. The molecule has 0 unspecified atom stereocenters. The molecule has 0 saturated carbocycles. The molecule has 3 aromatic rings. The molecule has 23 heavy (non-hydrogen) atoms. The molecule has 0 bridgehead atoms. The fraction of sp³-hybridized carbons (Fsp3) is 0.105. The van der Waals surface area contributed by atoms with Crippen LogP contribution < -0.4 is 10.5 Å². The van der Waals surface area contributed by atoms with Crippen molar-refractivity contribution in [2.45, 2.75) is 6.92 Å². The lowest BCUT2D eigenvalue weighted by molar-refractivity contribution is 0.340. The second kappa shape index (κ2) is 6.29. The molecule has 0 aliphatic rings. The van der Waals surface area contributed by atoms with Crippen LogP contribution in [0.1, 0.15) is 12.5 Å². The van der Waals surface area contributed by atoms with E-state index in [4.69, 9.17) is 10.5 Å². The highest BCUT2D eigenvalue weighted by Crippen LogP contribution is 2.32. The molecule has 2 aromatic carbocycles. The first kappa shape index (κ1) is 14.7. The van der Waals surface area contributed by atoms with E-state index in [9.17, 15) is 5.26 Å². The van der Waals surface area contributed by atoms with E-state index in [0.717, 1.165) is 22.6 Å². The molecule has 0 spiro atoms. The monoisotopic (exact) mass is 303 g/mol. The average molecular weight is 303 g/mol. The molecule has 0 saturated heterocycles. The molecule has 114 valence electrons. The lowest BCUT2D eigenvalue weighted by atomic mass is 10.1. The Morgan fingerprint density at radius 3 is 2.61 bits per heavy atom. The molecule has 1 aromatic heterocycles. The molecule has 0 radical (unpaired) electrons. The minimum atomic E-state index is 0.431. The summed E-state index contributed by atoms with van der Waals surface area (Å²) in [6.45, 7) is 2.54.